The third-order valence-corrected chi connectivity index (χ3v) is 4.32. The van der Waals surface area contributed by atoms with Gasteiger partial charge in [-0.1, -0.05) is 31.2 Å². The SMILES string of the molecule is CCc1ccc(/C=N/NC(=O)Cn2cnc3c2c(=O)n(C)c(=O)n3C)cc1. The molecular formula is C18H20N6O3. The molecule has 1 amide bonds. The molecule has 0 saturated heterocycles. The molecule has 1 N–H and O–H groups in total. The first-order chi connectivity index (χ1) is 12.9. The third-order valence-electron chi connectivity index (χ3n) is 4.32. The number of aromatic nitrogens is 4. The van der Waals surface area contributed by atoms with E-state index in [-0.39, 0.29) is 17.7 Å². The van der Waals surface area contributed by atoms with Crippen LogP contribution in [0.5, 0.6) is 0 Å². The van der Waals surface area contributed by atoms with Gasteiger partial charge in [-0.2, -0.15) is 5.10 Å². The summed E-state index contributed by atoms with van der Waals surface area (Å²) in [5.74, 6) is -0.411. The van der Waals surface area contributed by atoms with Crippen molar-refractivity contribution in [2.45, 2.75) is 19.9 Å². The average Bonchev–Trinajstić information content (AvgIpc) is 3.08. The molecule has 27 heavy (non-hydrogen) atoms. The molecule has 2 heterocycles. The Morgan fingerprint density at radius 3 is 2.56 bits per heavy atom. The summed E-state index contributed by atoms with van der Waals surface area (Å²) in [6.07, 6.45) is 3.86. The first-order valence-corrected chi connectivity index (χ1v) is 8.44. The topological polar surface area (TPSA) is 103 Å². The van der Waals surface area contributed by atoms with Crippen LogP contribution in [0.4, 0.5) is 0 Å². The number of nitrogens with zero attached hydrogens (tertiary/aromatic N) is 5. The second-order valence-corrected chi connectivity index (χ2v) is 6.14. The van der Waals surface area contributed by atoms with E-state index < -0.39 is 17.2 Å². The Balaban J connectivity index is 1.75. The molecule has 0 atom stereocenters. The highest BCUT2D eigenvalue weighted by molar-refractivity contribution is 5.83. The summed E-state index contributed by atoms with van der Waals surface area (Å²) in [5, 5.41) is 3.93. The molecule has 9 nitrogen and oxygen atoms in total. The number of benzene rings is 1. The van der Waals surface area contributed by atoms with Crippen LogP contribution in [-0.2, 0) is 31.9 Å². The van der Waals surface area contributed by atoms with Crippen LogP contribution < -0.4 is 16.7 Å². The summed E-state index contributed by atoms with van der Waals surface area (Å²) in [5.41, 5.74) is 3.96. The normalized spacial score (nSPS) is 11.4. The van der Waals surface area contributed by atoms with Gasteiger partial charge in [0.1, 0.15) is 6.54 Å². The minimum Gasteiger partial charge on any atom is -0.315 e. The van der Waals surface area contributed by atoms with Crippen molar-refractivity contribution >= 4 is 23.3 Å². The van der Waals surface area contributed by atoms with Gasteiger partial charge in [-0.15, -0.1) is 0 Å². The second-order valence-electron chi connectivity index (χ2n) is 6.14. The van der Waals surface area contributed by atoms with E-state index in [9.17, 15) is 14.4 Å². The molecule has 3 aromatic rings. The number of carbonyl (C=O) groups is 1. The molecular weight excluding hydrogens is 348 g/mol. The van der Waals surface area contributed by atoms with Crippen LogP contribution in [0.3, 0.4) is 0 Å². The molecule has 1 aromatic carbocycles. The molecule has 9 heteroatoms. The number of rotatable bonds is 5. The van der Waals surface area contributed by atoms with Gasteiger partial charge in [-0.25, -0.2) is 15.2 Å². The molecule has 0 bridgehead atoms. The summed E-state index contributed by atoms with van der Waals surface area (Å²) in [6.45, 7) is 1.93. The number of hydrogen-bond acceptors (Lipinski definition) is 5. The van der Waals surface area contributed by atoms with Gasteiger partial charge in [0, 0.05) is 14.1 Å². The maximum absolute atomic E-state index is 12.3. The van der Waals surface area contributed by atoms with Crippen LogP contribution in [0.1, 0.15) is 18.1 Å². The number of fused-ring (bicyclic) bond motifs is 1. The average molecular weight is 368 g/mol. The largest absolute Gasteiger partial charge is 0.332 e. The van der Waals surface area contributed by atoms with Crippen molar-refractivity contribution in [1.82, 2.24) is 24.1 Å². The Bertz CT molecular complexity index is 1130. The maximum atomic E-state index is 12.3. The highest BCUT2D eigenvalue weighted by Crippen LogP contribution is 2.05. The lowest BCUT2D eigenvalue weighted by Crippen LogP contribution is -2.38. The number of aryl methyl sites for hydroxylation is 2. The van der Waals surface area contributed by atoms with Crippen LogP contribution in [0.15, 0.2) is 45.3 Å². The predicted octanol–water partition coefficient (Wildman–Crippen LogP) is 0.146. The maximum Gasteiger partial charge on any atom is 0.332 e. The van der Waals surface area contributed by atoms with Gasteiger partial charge in [-0.3, -0.25) is 18.7 Å². The first kappa shape index (κ1) is 18.3. The minimum absolute atomic E-state index is 0.143. The molecule has 0 aliphatic heterocycles. The van der Waals surface area contributed by atoms with Gasteiger partial charge in [-0.05, 0) is 17.5 Å². The van der Waals surface area contributed by atoms with Crippen molar-refractivity contribution in [3.63, 3.8) is 0 Å². The Hall–Kier alpha value is -3.49. The third kappa shape index (κ3) is 3.57. The number of hydrazone groups is 1. The van der Waals surface area contributed by atoms with Crippen LogP contribution in [-0.4, -0.2) is 30.8 Å². The predicted molar refractivity (Wildman–Crippen MR) is 102 cm³/mol. The molecule has 3 rings (SSSR count). The molecule has 2 aromatic heterocycles. The zero-order valence-electron chi connectivity index (χ0n) is 15.3. The van der Waals surface area contributed by atoms with Crippen LogP contribution >= 0.6 is 0 Å². The Kier molecular flexibility index (Phi) is 5.02. The van der Waals surface area contributed by atoms with E-state index in [0.29, 0.717) is 0 Å². The number of imidazole rings is 1. The van der Waals surface area contributed by atoms with Gasteiger partial charge in [0.05, 0.1) is 12.5 Å². The Morgan fingerprint density at radius 1 is 1.19 bits per heavy atom. The van der Waals surface area contributed by atoms with Crippen molar-refractivity contribution in [2.75, 3.05) is 0 Å². The van der Waals surface area contributed by atoms with Crippen LogP contribution in [0.25, 0.3) is 11.2 Å². The zero-order chi connectivity index (χ0) is 19.6. The van der Waals surface area contributed by atoms with E-state index in [1.807, 2.05) is 24.3 Å². The van der Waals surface area contributed by atoms with Crippen molar-refractivity contribution in [3.05, 3.63) is 62.6 Å². The molecule has 0 unspecified atom stereocenters. The van der Waals surface area contributed by atoms with Crippen molar-refractivity contribution in [2.24, 2.45) is 19.2 Å². The number of carbonyl (C=O) groups excluding carboxylic acids is 1. The molecule has 0 fully saturated rings. The van der Waals surface area contributed by atoms with E-state index in [2.05, 4.69) is 22.4 Å². The van der Waals surface area contributed by atoms with E-state index in [1.165, 1.54) is 35.1 Å². The van der Waals surface area contributed by atoms with E-state index in [4.69, 9.17) is 0 Å². The summed E-state index contributed by atoms with van der Waals surface area (Å²) >= 11 is 0. The zero-order valence-corrected chi connectivity index (χ0v) is 15.3. The molecule has 0 aliphatic rings. The lowest BCUT2D eigenvalue weighted by molar-refractivity contribution is -0.121. The summed E-state index contributed by atoms with van der Waals surface area (Å²) in [4.78, 5) is 40.5. The van der Waals surface area contributed by atoms with Crippen LogP contribution in [0, 0.1) is 0 Å². The highest BCUT2D eigenvalue weighted by Gasteiger charge is 2.15. The smallest absolute Gasteiger partial charge is 0.315 e. The summed E-state index contributed by atoms with van der Waals surface area (Å²) < 4.78 is 3.65. The summed E-state index contributed by atoms with van der Waals surface area (Å²) in [6, 6.07) is 7.84. The molecule has 0 aliphatic carbocycles. The number of hydrogen-bond donors (Lipinski definition) is 1. The fourth-order valence-electron chi connectivity index (χ4n) is 2.73. The van der Waals surface area contributed by atoms with Crippen LogP contribution in [0.2, 0.25) is 0 Å². The fraction of sp³-hybridized carbons (Fsp3) is 0.278. The van der Waals surface area contributed by atoms with Gasteiger partial charge in [0.15, 0.2) is 11.2 Å². The lowest BCUT2D eigenvalue weighted by atomic mass is 10.1. The minimum atomic E-state index is -0.502. The molecule has 0 radical (unpaired) electrons. The quantitative estimate of drug-likeness (QED) is 0.511. The van der Waals surface area contributed by atoms with Gasteiger partial charge in [0.2, 0.25) is 0 Å². The highest BCUT2D eigenvalue weighted by atomic mass is 16.2. The van der Waals surface area contributed by atoms with Gasteiger partial charge in [0.25, 0.3) is 11.5 Å². The fourth-order valence-corrected chi connectivity index (χ4v) is 2.73. The second kappa shape index (κ2) is 7.40. The molecule has 0 saturated carbocycles. The standard InChI is InChI=1S/C18H20N6O3/c1-4-12-5-7-13(8-6-12)9-20-21-14(25)10-24-11-19-16-15(24)17(26)23(3)18(27)22(16)2/h5-9,11H,4,10H2,1-3H3,(H,21,25)/b20-9+. The van der Waals surface area contributed by atoms with Crippen molar-refractivity contribution in [3.8, 4) is 0 Å². The molecule has 0 spiro atoms. The van der Waals surface area contributed by atoms with E-state index in [1.54, 1.807) is 6.21 Å². The van der Waals surface area contributed by atoms with Crippen molar-refractivity contribution in [1.29, 1.82) is 0 Å². The monoisotopic (exact) mass is 368 g/mol. The Labute approximate surface area is 154 Å². The van der Waals surface area contributed by atoms with E-state index >= 15 is 0 Å². The van der Waals surface area contributed by atoms with Gasteiger partial charge >= 0.3 is 5.69 Å². The van der Waals surface area contributed by atoms with E-state index in [0.717, 1.165) is 16.6 Å². The number of amides is 1. The summed E-state index contributed by atoms with van der Waals surface area (Å²) in [7, 11) is 2.91. The van der Waals surface area contributed by atoms with Crippen molar-refractivity contribution < 1.29 is 4.79 Å². The number of nitrogens with one attached hydrogen (secondary N) is 1. The molecule has 140 valence electrons. The Morgan fingerprint density at radius 2 is 1.89 bits per heavy atom. The van der Waals surface area contributed by atoms with Gasteiger partial charge < -0.3 is 4.57 Å². The first-order valence-electron chi connectivity index (χ1n) is 8.44. The lowest BCUT2D eigenvalue weighted by Gasteiger charge is -2.06.